The molecule has 0 radical (unpaired) electrons. The van der Waals surface area contributed by atoms with Crippen molar-refractivity contribution in [2.75, 3.05) is 0 Å². The molecule has 0 unspecified atom stereocenters. The second kappa shape index (κ2) is 6.57. The highest BCUT2D eigenvalue weighted by atomic mass is 35.5. The van der Waals surface area contributed by atoms with E-state index in [1.54, 1.807) is 24.3 Å². The first-order chi connectivity index (χ1) is 9.47. The molecule has 0 amide bonds. The van der Waals surface area contributed by atoms with Crippen molar-refractivity contribution >= 4 is 40.6 Å². The zero-order valence-corrected chi connectivity index (χ0v) is 12.6. The molecule has 5 heteroatoms. The van der Waals surface area contributed by atoms with Gasteiger partial charge in [-0.15, -0.1) is 0 Å². The van der Waals surface area contributed by atoms with Crippen molar-refractivity contribution in [3.05, 3.63) is 68.4 Å². The van der Waals surface area contributed by atoms with Gasteiger partial charge in [0.2, 0.25) is 0 Å². The molecule has 0 heterocycles. The number of halogens is 4. The standard InChI is InChI=1S/C15H10Cl3FO/c16-10-6-9(7-11(19)8-10)4-5-14(20)12-2-1-3-13(17)15(12)18/h1-3,6-8H,4-5H2. The van der Waals surface area contributed by atoms with Crippen LogP contribution in [0.15, 0.2) is 36.4 Å². The van der Waals surface area contributed by atoms with Crippen molar-refractivity contribution in [3.63, 3.8) is 0 Å². The van der Waals surface area contributed by atoms with Crippen LogP contribution in [0, 0.1) is 5.82 Å². The first-order valence-corrected chi connectivity index (χ1v) is 7.03. The molecule has 0 saturated heterocycles. The normalized spacial score (nSPS) is 10.6. The number of benzene rings is 2. The van der Waals surface area contributed by atoms with Gasteiger partial charge < -0.3 is 0 Å². The fourth-order valence-electron chi connectivity index (χ4n) is 1.87. The summed E-state index contributed by atoms with van der Waals surface area (Å²) in [5.41, 5.74) is 1.04. The third-order valence-electron chi connectivity index (χ3n) is 2.82. The number of carbonyl (C=O) groups is 1. The number of rotatable bonds is 4. The zero-order chi connectivity index (χ0) is 14.7. The van der Waals surface area contributed by atoms with Gasteiger partial charge in [-0.05, 0) is 42.3 Å². The van der Waals surface area contributed by atoms with Gasteiger partial charge >= 0.3 is 0 Å². The van der Waals surface area contributed by atoms with Gasteiger partial charge in [-0.2, -0.15) is 0 Å². The number of ketones is 1. The van der Waals surface area contributed by atoms with Crippen LogP contribution in [0.25, 0.3) is 0 Å². The molecular formula is C15H10Cl3FO. The Morgan fingerprint density at radius 2 is 1.85 bits per heavy atom. The van der Waals surface area contributed by atoms with Crippen LogP contribution in [0.3, 0.4) is 0 Å². The number of Topliss-reactive ketones (excluding diaryl/α,β-unsaturated/α-hetero) is 1. The second-order valence-corrected chi connectivity index (χ2v) is 5.52. The number of carbonyl (C=O) groups excluding carboxylic acids is 1. The number of hydrogen-bond donors (Lipinski definition) is 0. The van der Waals surface area contributed by atoms with Crippen molar-refractivity contribution in [2.45, 2.75) is 12.8 Å². The van der Waals surface area contributed by atoms with Crippen molar-refractivity contribution in [1.29, 1.82) is 0 Å². The Morgan fingerprint density at radius 1 is 1.10 bits per heavy atom. The van der Waals surface area contributed by atoms with Crippen LogP contribution >= 0.6 is 34.8 Å². The molecular weight excluding hydrogens is 322 g/mol. The SMILES string of the molecule is O=C(CCc1cc(F)cc(Cl)c1)c1cccc(Cl)c1Cl. The summed E-state index contributed by atoms with van der Waals surface area (Å²) in [6, 6.07) is 9.12. The number of aryl methyl sites for hydroxylation is 1. The maximum Gasteiger partial charge on any atom is 0.164 e. The fraction of sp³-hybridized carbons (Fsp3) is 0.133. The molecule has 2 aromatic rings. The van der Waals surface area contributed by atoms with Crippen LogP contribution in [-0.2, 0) is 6.42 Å². The molecule has 0 bridgehead atoms. The largest absolute Gasteiger partial charge is 0.294 e. The van der Waals surface area contributed by atoms with Gasteiger partial charge in [0.05, 0.1) is 10.0 Å². The molecule has 0 aliphatic carbocycles. The lowest BCUT2D eigenvalue weighted by molar-refractivity contribution is 0.0983. The highest BCUT2D eigenvalue weighted by Gasteiger charge is 2.13. The molecule has 0 spiro atoms. The zero-order valence-electron chi connectivity index (χ0n) is 10.3. The lowest BCUT2D eigenvalue weighted by Gasteiger charge is -2.06. The highest BCUT2D eigenvalue weighted by Crippen LogP contribution is 2.27. The summed E-state index contributed by atoms with van der Waals surface area (Å²) in [6.07, 6.45) is 0.596. The summed E-state index contributed by atoms with van der Waals surface area (Å²) in [5, 5.41) is 0.899. The maximum atomic E-state index is 13.2. The van der Waals surface area contributed by atoms with E-state index in [-0.39, 0.29) is 17.2 Å². The summed E-state index contributed by atoms with van der Waals surface area (Å²) in [5.74, 6) is -0.557. The monoisotopic (exact) mass is 330 g/mol. The Hall–Kier alpha value is -1.09. The van der Waals surface area contributed by atoms with Crippen molar-refractivity contribution in [2.24, 2.45) is 0 Å². The summed E-state index contributed by atoms with van der Waals surface area (Å²) in [6.45, 7) is 0. The van der Waals surface area contributed by atoms with Gasteiger partial charge in [0, 0.05) is 17.0 Å². The van der Waals surface area contributed by atoms with Crippen LogP contribution < -0.4 is 0 Å². The minimum Gasteiger partial charge on any atom is -0.294 e. The summed E-state index contributed by atoms with van der Waals surface area (Å²) >= 11 is 17.6. The Kier molecular flexibility index (Phi) is 5.03. The molecule has 0 aliphatic heterocycles. The van der Waals surface area contributed by atoms with Crippen LogP contribution in [0.5, 0.6) is 0 Å². The van der Waals surface area contributed by atoms with E-state index in [0.29, 0.717) is 27.6 Å². The molecule has 2 rings (SSSR count). The predicted molar refractivity (Wildman–Crippen MR) is 80.5 cm³/mol. The summed E-state index contributed by atoms with van der Waals surface area (Å²) < 4.78 is 13.2. The molecule has 104 valence electrons. The van der Waals surface area contributed by atoms with Gasteiger partial charge in [-0.1, -0.05) is 40.9 Å². The smallest absolute Gasteiger partial charge is 0.164 e. The average molecular weight is 332 g/mol. The topological polar surface area (TPSA) is 17.1 Å². The van der Waals surface area contributed by atoms with Gasteiger partial charge in [-0.3, -0.25) is 4.79 Å². The molecule has 2 aromatic carbocycles. The summed E-state index contributed by atoms with van der Waals surface area (Å²) in [7, 11) is 0. The molecule has 0 saturated carbocycles. The van der Waals surface area contributed by atoms with E-state index in [9.17, 15) is 9.18 Å². The Morgan fingerprint density at radius 3 is 2.55 bits per heavy atom. The molecule has 0 aliphatic rings. The van der Waals surface area contributed by atoms with E-state index in [1.807, 2.05) is 0 Å². The average Bonchev–Trinajstić information content (AvgIpc) is 2.38. The molecule has 0 N–H and O–H groups in total. The third-order valence-corrected chi connectivity index (χ3v) is 3.85. The van der Waals surface area contributed by atoms with Gasteiger partial charge in [0.15, 0.2) is 5.78 Å². The van der Waals surface area contributed by atoms with E-state index < -0.39 is 5.82 Å². The van der Waals surface area contributed by atoms with E-state index in [1.165, 1.54) is 12.1 Å². The van der Waals surface area contributed by atoms with Crippen LogP contribution in [0.2, 0.25) is 15.1 Å². The van der Waals surface area contributed by atoms with Crippen LogP contribution in [0.1, 0.15) is 22.3 Å². The third kappa shape index (κ3) is 3.72. The molecule has 0 aromatic heterocycles. The Bertz CT molecular complexity index is 635. The van der Waals surface area contributed by atoms with Crippen LogP contribution in [0.4, 0.5) is 4.39 Å². The second-order valence-electron chi connectivity index (χ2n) is 4.30. The first kappa shape index (κ1) is 15.3. The van der Waals surface area contributed by atoms with Gasteiger partial charge in [0.25, 0.3) is 0 Å². The molecule has 0 atom stereocenters. The maximum absolute atomic E-state index is 13.2. The molecule has 1 nitrogen and oxygen atoms in total. The number of hydrogen-bond acceptors (Lipinski definition) is 1. The van der Waals surface area contributed by atoms with Crippen LogP contribution in [-0.4, -0.2) is 5.78 Å². The quantitative estimate of drug-likeness (QED) is 0.666. The van der Waals surface area contributed by atoms with E-state index >= 15 is 0 Å². The first-order valence-electron chi connectivity index (χ1n) is 5.89. The minimum atomic E-state index is -0.416. The molecule has 20 heavy (non-hydrogen) atoms. The van der Waals surface area contributed by atoms with Crippen molar-refractivity contribution < 1.29 is 9.18 Å². The predicted octanol–water partition coefficient (Wildman–Crippen LogP) is 5.60. The van der Waals surface area contributed by atoms with E-state index in [4.69, 9.17) is 34.8 Å². The van der Waals surface area contributed by atoms with Crippen molar-refractivity contribution in [3.8, 4) is 0 Å². The van der Waals surface area contributed by atoms with Gasteiger partial charge in [-0.25, -0.2) is 4.39 Å². The van der Waals surface area contributed by atoms with Gasteiger partial charge in [0.1, 0.15) is 5.82 Å². The van der Waals surface area contributed by atoms with E-state index in [0.717, 1.165) is 0 Å². The minimum absolute atomic E-state index is 0.141. The lowest BCUT2D eigenvalue weighted by atomic mass is 10.0. The highest BCUT2D eigenvalue weighted by molar-refractivity contribution is 6.43. The lowest BCUT2D eigenvalue weighted by Crippen LogP contribution is -2.02. The fourth-order valence-corrected chi connectivity index (χ4v) is 2.52. The Balaban J connectivity index is 2.10. The Labute approximate surface area is 131 Å². The molecule has 0 fully saturated rings. The van der Waals surface area contributed by atoms with E-state index in [2.05, 4.69) is 0 Å². The summed E-state index contributed by atoms with van der Waals surface area (Å²) in [4.78, 5) is 12.1. The van der Waals surface area contributed by atoms with Crippen molar-refractivity contribution in [1.82, 2.24) is 0 Å².